The molecule has 0 aliphatic heterocycles. The van der Waals surface area contributed by atoms with Crippen molar-refractivity contribution in [2.24, 2.45) is 5.92 Å². The van der Waals surface area contributed by atoms with E-state index in [1.807, 2.05) is 44.2 Å². The first-order valence-electron chi connectivity index (χ1n) is 12.2. The van der Waals surface area contributed by atoms with Gasteiger partial charge in [-0.2, -0.15) is 0 Å². The van der Waals surface area contributed by atoms with Crippen LogP contribution < -0.4 is 16.0 Å². The number of amides is 3. The molecule has 1 rings (SSSR count). The second-order valence-electron chi connectivity index (χ2n) is 9.90. The quantitative estimate of drug-likeness (QED) is 0.211. The predicted octanol–water partition coefficient (Wildman–Crippen LogP) is 3.68. The number of hydrogen-bond acceptors (Lipinski definition) is 7. The molecule has 0 bridgehead atoms. The fourth-order valence-corrected chi connectivity index (χ4v) is 3.25. The number of ether oxygens (including phenoxy) is 3. The molecule has 0 saturated heterocycles. The summed E-state index contributed by atoms with van der Waals surface area (Å²) in [5.74, 6) is -0.980. The smallest absolute Gasteiger partial charge is 0.408 e. The molecule has 0 fully saturated rings. The lowest BCUT2D eigenvalue weighted by atomic mass is 10.0. The molecule has 3 N–H and O–H groups in total. The lowest BCUT2D eigenvalue weighted by Crippen LogP contribution is -2.52. The lowest BCUT2D eigenvalue weighted by molar-refractivity contribution is -0.145. The first-order valence-corrected chi connectivity index (χ1v) is 12.2. The van der Waals surface area contributed by atoms with Crippen LogP contribution in [0, 0.1) is 5.92 Å². The number of benzene rings is 1. The third kappa shape index (κ3) is 13.6. The fourth-order valence-electron chi connectivity index (χ4n) is 3.25. The van der Waals surface area contributed by atoms with Crippen LogP contribution in [0.2, 0.25) is 0 Å². The average molecular weight is 508 g/mol. The predicted molar refractivity (Wildman–Crippen MR) is 135 cm³/mol. The van der Waals surface area contributed by atoms with Crippen molar-refractivity contribution >= 4 is 24.1 Å². The van der Waals surface area contributed by atoms with Crippen LogP contribution in [0.4, 0.5) is 9.59 Å². The minimum absolute atomic E-state index is 0.0742. The average Bonchev–Trinajstić information content (AvgIpc) is 2.80. The lowest BCUT2D eigenvalue weighted by Gasteiger charge is -2.23. The summed E-state index contributed by atoms with van der Waals surface area (Å²) in [4.78, 5) is 49.3. The number of unbranched alkanes of at least 4 members (excludes halogenated alkanes) is 1. The van der Waals surface area contributed by atoms with Crippen molar-refractivity contribution in [1.29, 1.82) is 0 Å². The number of nitrogens with one attached hydrogen (secondary N) is 3. The van der Waals surface area contributed by atoms with E-state index in [1.54, 1.807) is 20.8 Å². The molecule has 36 heavy (non-hydrogen) atoms. The molecular weight excluding hydrogens is 466 g/mol. The second-order valence-corrected chi connectivity index (χ2v) is 9.90. The number of carbonyl (C=O) groups excluding carboxylic acids is 4. The normalized spacial score (nSPS) is 12.8. The summed E-state index contributed by atoms with van der Waals surface area (Å²) in [5, 5.41) is 7.94. The zero-order valence-electron chi connectivity index (χ0n) is 22.2. The maximum atomic E-state index is 13.0. The number of hydrogen-bond donors (Lipinski definition) is 3. The Bertz CT molecular complexity index is 838. The maximum Gasteiger partial charge on any atom is 0.408 e. The van der Waals surface area contributed by atoms with Crippen molar-refractivity contribution < 1.29 is 33.4 Å². The third-order valence-electron chi connectivity index (χ3n) is 4.92. The van der Waals surface area contributed by atoms with Gasteiger partial charge in [-0.15, -0.1) is 0 Å². The molecule has 1 aromatic rings. The molecule has 2 atom stereocenters. The van der Waals surface area contributed by atoms with Crippen LogP contribution in [-0.4, -0.2) is 55.4 Å². The highest BCUT2D eigenvalue weighted by Gasteiger charge is 2.28. The highest BCUT2D eigenvalue weighted by atomic mass is 16.6. The van der Waals surface area contributed by atoms with Gasteiger partial charge in [0.25, 0.3) is 0 Å². The molecule has 0 radical (unpaired) electrons. The Hall–Kier alpha value is -3.30. The number of methoxy groups -OCH3 is 1. The van der Waals surface area contributed by atoms with Gasteiger partial charge in [0.2, 0.25) is 5.91 Å². The second kappa shape index (κ2) is 15.6. The van der Waals surface area contributed by atoms with Crippen LogP contribution in [0.3, 0.4) is 0 Å². The van der Waals surface area contributed by atoms with Gasteiger partial charge in [-0.25, -0.2) is 14.4 Å². The van der Waals surface area contributed by atoms with E-state index in [9.17, 15) is 19.2 Å². The molecule has 0 unspecified atom stereocenters. The van der Waals surface area contributed by atoms with E-state index in [0.29, 0.717) is 32.2 Å². The Morgan fingerprint density at radius 2 is 1.58 bits per heavy atom. The molecule has 0 spiro atoms. The number of carbonyl (C=O) groups is 4. The van der Waals surface area contributed by atoms with E-state index in [1.165, 1.54) is 7.11 Å². The summed E-state index contributed by atoms with van der Waals surface area (Å²) in [6.07, 6.45) is 0.546. The van der Waals surface area contributed by atoms with Crippen molar-refractivity contribution in [1.82, 2.24) is 16.0 Å². The van der Waals surface area contributed by atoms with Gasteiger partial charge < -0.3 is 30.2 Å². The van der Waals surface area contributed by atoms with Crippen LogP contribution in [0.15, 0.2) is 30.3 Å². The summed E-state index contributed by atoms with van der Waals surface area (Å²) in [7, 11) is 1.25. The summed E-state index contributed by atoms with van der Waals surface area (Å²) < 4.78 is 15.3. The van der Waals surface area contributed by atoms with E-state index in [-0.39, 0.29) is 12.5 Å². The Morgan fingerprint density at radius 3 is 2.17 bits per heavy atom. The zero-order chi connectivity index (χ0) is 27.1. The minimum atomic E-state index is -0.888. The van der Waals surface area contributed by atoms with Crippen LogP contribution >= 0.6 is 0 Å². The van der Waals surface area contributed by atoms with Crippen LogP contribution in [0.25, 0.3) is 0 Å². The van der Waals surface area contributed by atoms with Crippen LogP contribution in [-0.2, 0) is 30.4 Å². The zero-order valence-corrected chi connectivity index (χ0v) is 22.2. The molecule has 10 nitrogen and oxygen atoms in total. The van der Waals surface area contributed by atoms with Gasteiger partial charge in [-0.1, -0.05) is 44.2 Å². The topological polar surface area (TPSA) is 132 Å². The summed E-state index contributed by atoms with van der Waals surface area (Å²) in [5.41, 5.74) is 0.239. The maximum absolute atomic E-state index is 13.0. The van der Waals surface area contributed by atoms with Crippen molar-refractivity contribution in [2.45, 2.75) is 84.6 Å². The van der Waals surface area contributed by atoms with E-state index >= 15 is 0 Å². The Labute approximate surface area is 213 Å². The molecule has 0 aliphatic rings. The van der Waals surface area contributed by atoms with Gasteiger partial charge >= 0.3 is 18.2 Å². The Morgan fingerprint density at radius 1 is 0.917 bits per heavy atom. The number of alkyl carbamates (subject to hydrolysis) is 2. The van der Waals surface area contributed by atoms with E-state index < -0.39 is 41.7 Å². The number of esters is 1. The van der Waals surface area contributed by atoms with Gasteiger partial charge in [0.1, 0.15) is 24.3 Å². The standard InChI is InChI=1S/C26H41N3O7/c1-18(2)16-21(29-25(33)35-17-19-12-8-7-9-13-19)22(30)28-20(23(31)34-6)14-10-11-15-27-24(32)36-26(3,4)5/h7-9,12-13,18,20-21H,10-11,14-17H2,1-6H3,(H,27,32)(H,28,30)(H,29,33)/t20-,21+/m1/s1. The molecule has 0 heterocycles. The van der Waals surface area contributed by atoms with Crippen molar-refractivity contribution in [3.63, 3.8) is 0 Å². The van der Waals surface area contributed by atoms with Crippen molar-refractivity contribution in [3.05, 3.63) is 35.9 Å². The summed E-state index contributed by atoms with van der Waals surface area (Å²) in [6.45, 7) is 9.62. The highest BCUT2D eigenvalue weighted by molar-refractivity contribution is 5.89. The number of rotatable bonds is 13. The monoisotopic (exact) mass is 507 g/mol. The van der Waals surface area contributed by atoms with E-state index in [0.717, 1.165) is 5.56 Å². The summed E-state index contributed by atoms with van der Waals surface area (Å²) in [6, 6.07) is 7.43. The van der Waals surface area contributed by atoms with Gasteiger partial charge in [-0.3, -0.25) is 4.79 Å². The molecule has 10 heteroatoms. The van der Waals surface area contributed by atoms with Gasteiger partial charge in [0, 0.05) is 6.54 Å². The van der Waals surface area contributed by atoms with Gasteiger partial charge in [-0.05, 0) is 57.9 Å². The first kappa shape index (κ1) is 30.7. The third-order valence-corrected chi connectivity index (χ3v) is 4.92. The summed E-state index contributed by atoms with van der Waals surface area (Å²) >= 11 is 0. The van der Waals surface area contributed by atoms with E-state index in [4.69, 9.17) is 14.2 Å². The molecule has 1 aromatic carbocycles. The SMILES string of the molecule is COC(=O)[C@@H](CCCCNC(=O)OC(C)(C)C)NC(=O)[C@H](CC(C)C)NC(=O)OCc1ccccc1. The largest absolute Gasteiger partial charge is 0.467 e. The van der Waals surface area contributed by atoms with Crippen molar-refractivity contribution in [2.75, 3.05) is 13.7 Å². The van der Waals surface area contributed by atoms with E-state index in [2.05, 4.69) is 16.0 Å². The van der Waals surface area contributed by atoms with Crippen LogP contribution in [0.5, 0.6) is 0 Å². The Kier molecular flexibility index (Phi) is 13.4. The minimum Gasteiger partial charge on any atom is -0.467 e. The molecule has 0 aliphatic carbocycles. The highest BCUT2D eigenvalue weighted by Crippen LogP contribution is 2.10. The molecule has 202 valence electrons. The molecule has 0 aromatic heterocycles. The molecule has 0 saturated carbocycles. The first-order chi connectivity index (χ1) is 16.9. The van der Waals surface area contributed by atoms with Crippen molar-refractivity contribution in [3.8, 4) is 0 Å². The van der Waals surface area contributed by atoms with Gasteiger partial charge in [0.05, 0.1) is 7.11 Å². The van der Waals surface area contributed by atoms with Gasteiger partial charge in [0.15, 0.2) is 0 Å². The Balaban J connectivity index is 2.61. The molecular formula is C26H41N3O7. The molecule has 3 amide bonds. The van der Waals surface area contributed by atoms with Crippen LogP contribution in [0.1, 0.15) is 65.9 Å². The fraction of sp³-hybridized carbons (Fsp3) is 0.615.